The van der Waals surface area contributed by atoms with E-state index in [1.165, 1.54) is 31.4 Å². The number of hydrogen-bond acceptors (Lipinski definition) is 3. The van der Waals surface area contributed by atoms with Gasteiger partial charge in [-0.2, -0.15) is 0 Å². The van der Waals surface area contributed by atoms with Gasteiger partial charge < -0.3 is 15.5 Å². The molecule has 1 saturated carbocycles. The first-order valence-electron chi connectivity index (χ1n) is 7.69. The molecule has 0 atom stereocenters. The topological polar surface area (TPSA) is 44.4 Å². The lowest BCUT2D eigenvalue weighted by Gasteiger charge is -2.17. The van der Waals surface area contributed by atoms with Crippen LogP contribution in [0.4, 0.5) is 11.4 Å². The molecule has 0 radical (unpaired) electrons. The Balaban J connectivity index is 1.45. The minimum absolute atomic E-state index is 0.0899. The SMILES string of the molecule is O=C(CCNC1CC1)Nc1ccc(N2CCCC2)cc1. The van der Waals surface area contributed by atoms with Gasteiger partial charge in [-0.15, -0.1) is 0 Å². The molecule has 4 nitrogen and oxygen atoms in total. The van der Waals surface area contributed by atoms with Crippen LogP contribution in [0.2, 0.25) is 0 Å². The van der Waals surface area contributed by atoms with E-state index in [4.69, 9.17) is 0 Å². The highest BCUT2D eigenvalue weighted by atomic mass is 16.1. The third kappa shape index (κ3) is 3.73. The average molecular weight is 273 g/mol. The molecule has 20 heavy (non-hydrogen) atoms. The molecule has 2 fully saturated rings. The van der Waals surface area contributed by atoms with Crippen molar-refractivity contribution < 1.29 is 4.79 Å². The Morgan fingerprint density at radius 3 is 2.50 bits per heavy atom. The number of benzene rings is 1. The summed E-state index contributed by atoms with van der Waals surface area (Å²) in [5.74, 6) is 0.0899. The van der Waals surface area contributed by atoms with Crippen molar-refractivity contribution in [3.05, 3.63) is 24.3 Å². The van der Waals surface area contributed by atoms with E-state index in [2.05, 4.69) is 27.7 Å². The Bertz CT molecular complexity index is 447. The summed E-state index contributed by atoms with van der Waals surface area (Å²) in [7, 11) is 0. The maximum absolute atomic E-state index is 11.8. The summed E-state index contributed by atoms with van der Waals surface area (Å²) in [6, 6.07) is 8.87. The summed E-state index contributed by atoms with van der Waals surface area (Å²) in [6.45, 7) is 3.08. The van der Waals surface area contributed by atoms with Crippen LogP contribution in [-0.4, -0.2) is 31.6 Å². The zero-order chi connectivity index (χ0) is 13.8. The number of nitrogens with zero attached hydrogens (tertiary/aromatic N) is 1. The Kier molecular flexibility index (Phi) is 4.21. The van der Waals surface area contributed by atoms with Gasteiger partial charge in [-0.3, -0.25) is 4.79 Å². The highest BCUT2D eigenvalue weighted by Gasteiger charge is 2.20. The van der Waals surface area contributed by atoms with Crippen LogP contribution in [0.3, 0.4) is 0 Å². The minimum Gasteiger partial charge on any atom is -0.372 e. The van der Waals surface area contributed by atoms with Crippen molar-refractivity contribution in [3.8, 4) is 0 Å². The standard InChI is InChI=1S/C16H23N3O/c20-16(9-10-17-13-3-4-13)18-14-5-7-15(8-6-14)19-11-1-2-12-19/h5-8,13,17H,1-4,9-12H2,(H,18,20). The van der Waals surface area contributed by atoms with E-state index in [-0.39, 0.29) is 5.91 Å². The molecule has 1 aliphatic heterocycles. The fourth-order valence-electron chi connectivity index (χ4n) is 2.63. The molecular weight excluding hydrogens is 250 g/mol. The lowest BCUT2D eigenvalue weighted by Crippen LogP contribution is -2.23. The normalized spacial score (nSPS) is 18.3. The molecule has 2 aliphatic rings. The number of carbonyl (C=O) groups is 1. The Labute approximate surface area is 120 Å². The quantitative estimate of drug-likeness (QED) is 0.836. The Morgan fingerprint density at radius 1 is 1.15 bits per heavy atom. The van der Waals surface area contributed by atoms with Crippen LogP contribution < -0.4 is 15.5 Å². The van der Waals surface area contributed by atoms with Crippen LogP contribution in [-0.2, 0) is 4.79 Å². The lowest BCUT2D eigenvalue weighted by atomic mass is 10.2. The molecule has 4 heteroatoms. The van der Waals surface area contributed by atoms with E-state index >= 15 is 0 Å². The maximum atomic E-state index is 11.8. The molecule has 1 aliphatic carbocycles. The van der Waals surface area contributed by atoms with Gasteiger partial charge in [0.2, 0.25) is 5.91 Å². The van der Waals surface area contributed by atoms with E-state index in [0.29, 0.717) is 12.5 Å². The number of rotatable bonds is 6. The minimum atomic E-state index is 0.0899. The molecule has 0 bridgehead atoms. The fourth-order valence-corrected chi connectivity index (χ4v) is 2.63. The third-order valence-electron chi connectivity index (χ3n) is 3.98. The number of carbonyl (C=O) groups excluding carboxylic acids is 1. The highest BCUT2D eigenvalue weighted by molar-refractivity contribution is 5.91. The van der Waals surface area contributed by atoms with Crippen LogP contribution in [0.1, 0.15) is 32.1 Å². The molecule has 1 heterocycles. The van der Waals surface area contributed by atoms with Gasteiger partial charge in [0, 0.05) is 43.5 Å². The van der Waals surface area contributed by atoms with Crippen LogP contribution >= 0.6 is 0 Å². The van der Waals surface area contributed by atoms with Crippen molar-refractivity contribution in [3.63, 3.8) is 0 Å². The smallest absolute Gasteiger partial charge is 0.225 e. The van der Waals surface area contributed by atoms with Crippen LogP contribution in [0.5, 0.6) is 0 Å². The zero-order valence-corrected chi connectivity index (χ0v) is 11.9. The van der Waals surface area contributed by atoms with E-state index < -0.39 is 0 Å². The first-order valence-corrected chi connectivity index (χ1v) is 7.69. The lowest BCUT2D eigenvalue weighted by molar-refractivity contribution is -0.116. The summed E-state index contributed by atoms with van der Waals surface area (Å²) >= 11 is 0. The molecule has 1 amide bonds. The van der Waals surface area contributed by atoms with E-state index in [9.17, 15) is 4.79 Å². The predicted molar refractivity (Wildman–Crippen MR) is 82.2 cm³/mol. The van der Waals surface area contributed by atoms with Crippen molar-refractivity contribution in [2.45, 2.75) is 38.1 Å². The third-order valence-corrected chi connectivity index (χ3v) is 3.98. The number of amides is 1. The first kappa shape index (κ1) is 13.4. The first-order chi connectivity index (χ1) is 9.81. The van der Waals surface area contributed by atoms with E-state index in [1.807, 2.05) is 12.1 Å². The average Bonchev–Trinajstić information content (AvgIpc) is 3.11. The van der Waals surface area contributed by atoms with Crippen molar-refractivity contribution in [2.75, 3.05) is 29.9 Å². The van der Waals surface area contributed by atoms with Gasteiger partial charge in [0.25, 0.3) is 0 Å². The number of anilines is 2. The Hall–Kier alpha value is -1.55. The second-order valence-corrected chi connectivity index (χ2v) is 5.77. The van der Waals surface area contributed by atoms with Crippen LogP contribution in [0.15, 0.2) is 24.3 Å². The van der Waals surface area contributed by atoms with Gasteiger partial charge in [-0.1, -0.05) is 0 Å². The van der Waals surface area contributed by atoms with Gasteiger partial charge in [-0.05, 0) is 49.9 Å². The van der Waals surface area contributed by atoms with Gasteiger partial charge in [-0.25, -0.2) is 0 Å². The molecule has 0 unspecified atom stereocenters. The molecule has 108 valence electrons. The summed E-state index contributed by atoms with van der Waals surface area (Å²) in [4.78, 5) is 14.2. The largest absolute Gasteiger partial charge is 0.372 e. The second-order valence-electron chi connectivity index (χ2n) is 5.77. The molecule has 1 aromatic carbocycles. The fraction of sp³-hybridized carbons (Fsp3) is 0.562. The zero-order valence-electron chi connectivity index (χ0n) is 11.9. The van der Waals surface area contributed by atoms with Crippen molar-refractivity contribution in [2.24, 2.45) is 0 Å². The molecule has 3 rings (SSSR count). The predicted octanol–water partition coefficient (Wildman–Crippen LogP) is 2.37. The van der Waals surface area contributed by atoms with E-state index in [1.54, 1.807) is 0 Å². The summed E-state index contributed by atoms with van der Waals surface area (Å²) in [5, 5.41) is 6.31. The van der Waals surface area contributed by atoms with Crippen LogP contribution in [0.25, 0.3) is 0 Å². The second kappa shape index (κ2) is 6.27. The monoisotopic (exact) mass is 273 g/mol. The van der Waals surface area contributed by atoms with Crippen molar-refractivity contribution in [1.29, 1.82) is 0 Å². The molecule has 1 aromatic rings. The molecule has 0 aromatic heterocycles. The highest BCUT2D eigenvalue weighted by Crippen LogP contribution is 2.22. The summed E-state index contributed by atoms with van der Waals surface area (Å²) in [6.07, 6.45) is 5.64. The van der Waals surface area contributed by atoms with Crippen molar-refractivity contribution >= 4 is 17.3 Å². The summed E-state index contributed by atoms with van der Waals surface area (Å²) < 4.78 is 0. The van der Waals surface area contributed by atoms with Gasteiger partial charge in [0.15, 0.2) is 0 Å². The van der Waals surface area contributed by atoms with Gasteiger partial charge >= 0.3 is 0 Å². The Morgan fingerprint density at radius 2 is 1.85 bits per heavy atom. The van der Waals surface area contributed by atoms with Crippen LogP contribution in [0, 0.1) is 0 Å². The number of hydrogen-bond donors (Lipinski definition) is 2. The molecule has 2 N–H and O–H groups in total. The van der Waals surface area contributed by atoms with Crippen molar-refractivity contribution in [1.82, 2.24) is 5.32 Å². The van der Waals surface area contributed by atoms with Gasteiger partial charge in [0.05, 0.1) is 0 Å². The molecule has 1 saturated heterocycles. The van der Waals surface area contributed by atoms with E-state index in [0.717, 1.165) is 25.3 Å². The maximum Gasteiger partial charge on any atom is 0.225 e. The molecule has 0 spiro atoms. The molecular formula is C16H23N3O. The number of nitrogens with one attached hydrogen (secondary N) is 2. The van der Waals surface area contributed by atoms with Gasteiger partial charge in [0.1, 0.15) is 0 Å². The summed E-state index contributed by atoms with van der Waals surface area (Å²) in [5.41, 5.74) is 2.15.